The van der Waals surface area contributed by atoms with Crippen molar-refractivity contribution in [1.82, 2.24) is 14.9 Å². The molecule has 1 heterocycles. The average molecular weight is 583 g/mol. The molecule has 7 nitrogen and oxygen atoms in total. The van der Waals surface area contributed by atoms with Crippen LogP contribution >= 0.6 is 11.6 Å². The number of nitrogens with one attached hydrogen (secondary N) is 2. The Morgan fingerprint density at radius 2 is 1.85 bits per heavy atom. The topological polar surface area (TPSA) is 90.9 Å². The van der Waals surface area contributed by atoms with E-state index in [1.54, 1.807) is 24.3 Å². The molecule has 1 aliphatic heterocycles. The van der Waals surface area contributed by atoms with Crippen molar-refractivity contribution in [3.63, 3.8) is 0 Å². The Labute approximate surface area is 230 Å². The summed E-state index contributed by atoms with van der Waals surface area (Å²) >= 11 is 5.84. The van der Waals surface area contributed by atoms with Gasteiger partial charge in [0.2, 0.25) is 22.4 Å². The third kappa shape index (κ3) is 4.93. The van der Waals surface area contributed by atoms with Crippen LogP contribution in [0.2, 0.25) is 5.02 Å². The van der Waals surface area contributed by atoms with Crippen LogP contribution in [0.1, 0.15) is 45.1 Å². The number of amidine groups is 1. The summed E-state index contributed by atoms with van der Waals surface area (Å²) in [4.78, 5) is 17.5. The largest absolute Gasteiger partial charge is 0.366 e. The molecule has 1 amide bonds. The van der Waals surface area contributed by atoms with Gasteiger partial charge in [0.15, 0.2) is 6.04 Å². The quantitative estimate of drug-likeness (QED) is 0.431. The fraction of sp³-hybridized carbons (Fsp3) is 0.481. The predicted octanol–water partition coefficient (Wildman–Crippen LogP) is 4.51. The van der Waals surface area contributed by atoms with E-state index in [1.807, 2.05) is 13.8 Å². The molecule has 2 aromatic carbocycles. The van der Waals surface area contributed by atoms with Gasteiger partial charge in [-0.3, -0.25) is 9.79 Å². The summed E-state index contributed by atoms with van der Waals surface area (Å²) < 4.78 is 68.3. The van der Waals surface area contributed by atoms with E-state index in [0.717, 1.165) is 0 Å². The zero-order valence-corrected chi connectivity index (χ0v) is 23.1. The third-order valence-corrected chi connectivity index (χ3v) is 10.2. The Kier molecular flexibility index (Phi) is 7.00. The van der Waals surface area contributed by atoms with Crippen molar-refractivity contribution >= 4 is 33.4 Å². The molecule has 1 atom stereocenters. The van der Waals surface area contributed by atoms with Crippen LogP contribution in [0.5, 0.6) is 0 Å². The second-order valence-corrected chi connectivity index (χ2v) is 13.6. The van der Waals surface area contributed by atoms with E-state index >= 15 is 0 Å². The van der Waals surface area contributed by atoms with Gasteiger partial charge < -0.3 is 10.6 Å². The average Bonchev–Trinajstić information content (AvgIpc) is 3.14. The minimum Gasteiger partial charge on any atom is -0.366 e. The van der Waals surface area contributed by atoms with Gasteiger partial charge in [0.25, 0.3) is 0 Å². The first-order valence-electron chi connectivity index (χ1n) is 12.7. The molecule has 3 saturated carbocycles. The Morgan fingerprint density at radius 3 is 2.46 bits per heavy atom. The number of nitrogens with zero attached hydrogens (tertiary/aromatic N) is 2. The maximum atomic E-state index is 14.2. The molecule has 2 bridgehead atoms. The SMILES string of the molecule is CC1(C)NC(C23CC(N(Cc4ccc(Cl)c(F)c4)S(=O)(=O)c4ccccc4)(C2)C3)=N[C@H]1C(=O)NCCC(F)F. The Bertz CT molecular complexity index is 1400. The summed E-state index contributed by atoms with van der Waals surface area (Å²) in [5.74, 6) is -0.412. The van der Waals surface area contributed by atoms with Gasteiger partial charge in [-0.2, -0.15) is 4.31 Å². The van der Waals surface area contributed by atoms with Crippen LogP contribution in [-0.2, 0) is 21.4 Å². The van der Waals surface area contributed by atoms with Crippen molar-refractivity contribution < 1.29 is 26.4 Å². The summed E-state index contributed by atoms with van der Waals surface area (Å²) in [7, 11) is -3.93. The molecule has 210 valence electrons. The molecular formula is C27H30ClF3N4O3S. The van der Waals surface area contributed by atoms with E-state index < -0.39 is 57.1 Å². The lowest BCUT2D eigenvalue weighted by Crippen LogP contribution is -2.78. The smallest absolute Gasteiger partial charge is 0.247 e. The van der Waals surface area contributed by atoms with Gasteiger partial charge in [0.05, 0.1) is 15.5 Å². The molecule has 3 aliphatic carbocycles. The molecule has 0 unspecified atom stereocenters. The van der Waals surface area contributed by atoms with Gasteiger partial charge >= 0.3 is 0 Å². The minimum absolute atomic E-state index is 0.0258. The van der Waals surface area contributed by atoms with E-state index in [0.29, 0.717) is 30.7 Å². The van der Waals surface area contributed by atoms with Gasteiger partial charge in [0, 0.05) is 30.5 Å². The molecule has 3 fully saturated rings. The van der Waals surface area contributed by atoms with Crippen LogP contribution in [0.15, 0.2) is 58.4 Å². The molecule has 2 aromatic rings. The molecule has 6 rings (SSSR count). The normalized spacial score (nSPS) is 27.0. The molecule has 39 heavy (non-hydrogen) atoms. The van der Waals surface area contributed by atoms with Gasteiger partial charge in [-0.1, -0.05) is 35.9 Å². The van der Waals surface area contributed by atoms with Crippen molar-refractivity contribution in [2.24, 2.45) is 10.4 Å². The lowest BCUT2D eigenvalue weighted by atomic mass is 9.38. The van der Waals surface area contributed by atoms with Gasteiger partial charge in [-0.05, 0) is 62.9 Å². The number of halogens is 4. The number of carbonyl (C=O) groups excluding carboxylic acids is 1. The second kappa shape index (κ2) is 9.78. The first kappa shape index (κ1) is 27.9. The Morgan fingerprint density at radius 1 is 1.18 bits per heavy atom. The van der Waals surface area contributed by atoms with Crippen molar-refractivity contribution in [3.05, 3.63) is 64.9 Å². The fourth-order valence-corrected chi connectivity index (χ4v) is 7.93. The predicted molar refractivity (Wildman–Crippen MR) is 142 cm³/mol. The maximum Gasteiger partial charge on any atom is 0.247 e. The number of hydrogen-bond donors (Lipinski definition) is 2. The highest BCUT2D eigenvalue weighted by molar-refractivity contribution is 7.89. The number of carbonyl (C=O) groups is 1. The molecule has 12 heteroatoms. The van der Waals surface area contributed by atoms with Gasteiger partial charge in [0.1, 0.15) is 11.7 Å². The summed E-state index contributed by atoms with van der Waals surface area (Å²) in [6.07, 6.45) is -1.47. The van der Waals surface area contributed by atoms with E-state index in [9.17, 15) is 26.4 Å². The molecule has 2 N–H and O–H groups in total. The molecule has 0 radical (unpaired) electrons. The van der Waals surface area contributed by atoms with E-state index in [4.69, 9.17) is 11.6 Å². The monoisotopic (exact) mass is 582 g/mol. The molecule has 0 aromatic heterocycles. The second-order valence-electron chi connectivity index (χ2n) is 11.3. The van der Waals surface area contributed by atoms with Crippen molar-refractivity contribution in [3.8, 4) is 0 Å². The van der Waals surface area contributed by atoms with Gasteiger partial charge in [-0.25, -0.2) is 21.6 Å². The molecule has 0 saturated heterocycles. The first-order chi connectivity index (χ1) is 18.3. The highest BCUT2D eigenvalue weighted by atomic mass is 35.5. The maximum absolute atomic E-state index is 14.2. The van der Waals surface area contributed by atoms with Crippen LogP contribution in [0.25, 0.3) is 0 Å². The molecular weight excluding hydrogens is 553 g/mol. The van der Waals surface area contributed by atoms with Crippen molar-refractivity contribution in [2.75, 3.05) is 6.54 Å². The van der Waals surface area contributed by atoms with E-state index in [-0.39, 0.29) is 23.0 Å². The third-order valence-electron chi connectivity index (χ3n) is 7.97. The number of hydrogen-bond acceptors (Lipinski definition) is 5. The summed E-state index contributed by atoms with van der Waals surface area (Å²) in [6.45, 7) is 3.48. The summed E-state index contributed by atoms with van der Waals surface area (Å²) in [5.41, 5.74) is -1.35. The van der Waals surface area contributed by atoms with Crippen LogP contribution in [-0.4, -0.2) is 54.6 Å². The highest BCUT2D eigenvalue weighted by Crippen LogP contribution is 2.71. The van der Waals surface area contributed by atoms with Crippen LogP contribution in [0.4, 0.5) is 13.2 Å². The van der Waals surface area contributed by atoms with Crippen LogP contribution < -0.4 is 10.6 Å². The Balaban J connectivity index is 1.38. The number of sulfonamides is 1. The van der Waals surface area contributed by atoms with Crippen molar-refractivity contribution in [1.29, 1.82) is 0 Å². The lowest BCUT2D eigenvalue weighted by molar-refractivity contribution is -0.151. The van der Waals surface area contributed by atoms with E-state index in [1.165, 1.54) is 28.6 Å². The van der Waals surface area contributed by atoms with Gasteiger partial charge in [-0.15, -0.1) is 0 Å². The van der Waals surface area contributed by atoms with Crippen LogP contribution in [0, 0.1) is 11.2 Å². The standard InChI is InChI=1S/C27H30ClF3N4O3S/c1-25(2)22(23(36)32-11-10-21(30)31)33-24(34-25)26-14-27(15-26,16-26)35(13-17-8-9-19(28)20(29)12-17)39(37,38)18-6-4-3-5-7-18/h3-9,12,21-22H,10-11,13-16H2,1-2H3,(H,32,36)(H,33,34)/t22-,26?,27?/m0/s1. The lowest BCUT2D eigenvalue weighted by Gasteiger charge is -2.73. The number of amides is 1. The fourth-order valence-electron chi connectivity index (χ4n) is 6.03. The molecule has 4 aliphatic rings. The van der Waals surface area contributed by atoms with E-state index in [2.05, 4.69) is 15.6 Å². The zero-order valence-electron chi connectivity index (χ0n) is 21.6. The minimum atomic E-state index is -3.93. The summed E-state index contributed by atoms with van der Waals surface area (Å²) in [5, 5.41) is 5.84. The van der Waals surface area contributed by atoms with Crippen LogP contribution in [0.3, 0.4) is 0 Å². The number of aliphatic imine (C=N–C) groups is 1. The first-order valence-corrected chi connectivity index (χ1v) is 14.5. The van der Waals surface area contributed by atoms with Crippen molar-refractivity contribution in [2.45, 2.75) is 74.5 Å². The highest BCUT2D eigenvalue weighted by Gasteiger charge is 2.75. The zero-order chi connectivity index (χ0) is 28.2. The summed E-state index contributed by atoms with van der Waals surface area (Å²) in [6, 6.07) is 11.6. The number of rotatable bonds is 10. The number of alkyl halides is 2. The number of benzene rings is 2. The molecule has 0 spiro atoms. The Hall–Kier alpha value is -2.63.